The molecule has 5 nitrogen and oxygen atoms in total. The molecule has 1 aromatic carbocycles. The van der Waals surface area contributed by atoms with E-state index in [0.717, 1.165) is 11.1 Å². The fourth-order valence-corrected chi connectivity index (χ4v) is 2.11. The molecule has 2 rings (SSSR count). The Morgan fingerprint density at radius 1 is 1.29 bits per heavy atom. The monoisotopic (exact) mass is 285 g/mol. The molecule has 0 amide bonds. The van der Waals surface area contributed by atoms with E-state index < -0.39 is 0 Å². The molecule has 0 saturated heterocycles. The molecule has 2 aromatic rings. The fourth-order valence-electron chi connectivity index (χ4n) is 2.11. The van der Waals surface area contributed by atoms with Crippen LogP contribution in [0.3, 0.4) is 0 Å². The molecule has 0 bridgehead atoms. The van der Waals surface area contributed by atoms with Crippen LogP contribution in [-0.2, 0) is 13.1 Å². The normalized spacial score (nSPS) is 10.0. The Bertz CT molecular complexity index is 732. The van der Waals surface area contributed by atoms with Gasteiger partial charge in [-0.15, -0.1) is 0 Å². The molecule has 0 fully saturated rings. The molecule has 0 aliphatic carbocycles. The summed E-state index contributed by atoms with van der Waals surface area (Å²) in [5.74, 6) is 6.52. The van der Waals surface area contributed by atoms with Crippen molar-refractivity contribution in [1.82, 2.24) is 9.13 Å². The maximum atomic E-state index is 12.0. The Hall–Kier alpha value is -2.45. The van der Waals surface area contributed by atoms with Crippen molar-refractivity contribution >= 4 is 0 Å². The zero-order valence-electron chi connectivity index (χ0n) is 12.3. The summed E-state index contributed by atoms with van der Waals surface area (Å²) in [5, 5.41) is 0. The van der Waals surface area contributed by atoms with Gasteiger partial charge in [-0.1, -0.05) is 17.9 Å². The van der Waals surface area contributed by atoms with Crippen LogP contribution in [0.2, 0.25) is 0 Å². The predicted octanol–water partition coefficient (Wildman–Crippen LogP) is 1.04. The maximum absolute atomic E-state index is 12.0. The molecule has 110 valence electrons. The zero-order valence-corrected chi connectivity index (χ0v) is 12.3. The van der Waals surface area contributed by atoms with Crippen LogP contribution in [0.15, 0.2) is 35.4 Å². The second-order valence-corrected chi connectivity index (χ2v) is 4.54. The summed E-state index contributed by atoms with van der Waals surface area (Å²) < 4.78 is 8.61. The van der Waals surface area contributed by atoms with E-state index in [1.165, 1.54) is 0 Å². The van der Waals surface area contributed by atoms with E-state index in [1.807, 2.05) is 25.1 Å². The third kappa shape index (κ3) is 3.36. The van der Waals surface area contributed by atoms with Gasteiger partial charge >= 0.3 is 5.69 Å². The largest absolute Gasteiger partial charge is 0.495 e. The van der Waals surface area contributed by atoms with Crippen molar-refractivity contribution in [1.29, 1.82) is 0 Å². The summed E-state index contributed by atoms with van der Waals surface area (Å²) in [6.45, 7) is 3.42. The second kappa shape index (κ2) is 6.82. The molecule has 0 unspecified atom stereocenters. The molecule has 5 heteroatoms. The van der Waals surface area contributed by atoms with Gasteiger partial charge < -0.3 is 10.5 Å². The van der Waals surface area contributed by atoms with E-state index in [1.54, 1.807) is 28.6 Å². The minimum atomic E-state index is -0.0112. The van der Waals surface area contributed by atoms with Crippen LogP contribution in [0.5, 0.6) is 5.75 Å². The lowest BCUT2D eigenvalue weighted by molar-refractivity contribution is 0.413. The van der Waals surface area contributed by atoms with Gasteiger partial charge in [0.05, 0.1) is 25.8 Å². The fraction of sp³-hybridized carbons (Fsp3) is 0.312. The quantitative estimate of drug-likeness (QED) is 0.854. The number of methoxy groups -OCH3 is 1. The number of imidazole rings is 1. The molecular weight excluding hydrogens is 266 g/mol. The molecule has 0 aliphatic heterocycles. The predicted molar refractivity (Wildman–Crippen MR) is 82.4 cm³/mol. The molecular formula is C16H19N3O2. The summed E-state index contributed by atoms with van der Waals surface area (Å²) in [4.78, 5) is 12.0. The van der Waals surface area contributed by atoms with Crippen LogP contribution in [0, 0.1) is 11.8 Å². The first kappa shape index (κ1) is 14.9. The van der Waals surface area contributed by atoms with E-state index in [2.05, 4.69) is 11.8 Å². The van der Waals surface area contributed by atoms with Crippen LogP contribution in [-0.4, -0.2) is 22.8 Å². The van der Waals surface area contributed by atoms with Crippen molar-refractivity contribution in [3.05, 3.63) is 52.2 Å². The summed E-state index contributed by atoms with van der Waals surface area (Å²) in [7, 11) is 1.61. The summed E-state index contributed by atoms with van der Waals surface area (Å²) >= 11 is 0. The Labute approximate surface area is 124 Å². The lowest BCUT2D eigenvalue weighted by atomic mass is 10.1. The van der Waals surface area contributed by atoms with Crippen molar-refractivity contribution in [3.63, 3.8) is 0 Å². The summed E-state index contributed by atoms with van der Waals surface area (Å²) in [6.07, 6.45) is 3.59. The Morgan fingerprint density at radius 2 is 2.05 bits per heavy atom. The first-order valence-corrected chi connectivity index (χ1v) is 6.81. The van der Waals surface area contributed by atoms with Gasteiger partial charge in [0.1, 0.15) is 5.75 Å². The number of benzene rings is 1. The van der Waals surface area contributed by atoms with Crippen LogP contribution in [0.4, 0.5) is 0 Å². The second-order valence-electron chi connectivity index (χ2n) is 4.54. The number of ether oxygens (including phenoxy) is 1. The van der Waals surface area contributed by atoms with Gasteiger partial charge in [-0.05, 0) is 24.6 Å². The van der Waals surface area contributed by atoms with Gasteiger partial charge in [-0.2, -0.15) is 0 Å². The first-order chi connectivity index (χ1) is 10.2. The lowest BCUT2D eigenvalue weighted by Crippen LogP contribution is -2.23. The van der Waals surface area contributed by atoms with Crippen molar-refractivity contribution in [2.75, 3.05) is 13.7 Å². The molecule has 1 heterocycles. The molecule has 0 saturated carbocycles. The van der Waals surface area contributed by atoms with Crippen LogP contribution < -0.4 is 16.2 Å². The maximum Gasteiger partial charge on any atom is 0.328 e. The number of aromatic nitrogens is 2. The van der Waals surface area contributed by atoms with Crippen molar-refractivity contribution in [2.24, 2.45) is 5.73 Å². The van der Waals surface area contributed by atoms with Crippen LogP contribution in [0.1, 0.15) is 18.1 Å². The Morgan fingerprint density at radius 3 is 2.67 bits per heavy atom. The van der Waals surface area contributed by atoms with Gasteiger partial charge in [0.2, 0.25) is 0 Å². The topological polar surface area (TPSA) is 62.2 Å². The number of nitrogens with zero attached hydrogens (tertiary/aromatic N) is 2. The highest BCUT2D eigenvalue weighted by Crippen LogP contribution is 2.19. The van der Waals surface area contributed by atoms with E-state index in [9.17, 15) is 4.79 Å². The van der Waals surface area contributed by atoms with Gasteiger partial charge in [0, 0.05) is 18.9 Å². The molecule has 1 aromatic heterocycles. The molecule has 0 aliphatic rings. The number of rotatable bonds is 4. The molecule has 2 N–H and O–H groups in total. The third-order valence-electron chi connectivity index (χ3n) is 3.20. The van der Waals surface area contributed by atoms with Crippen LogP contribution in [0.25, 0.3) is 0 Å². The van der Waals surface area contributed by atoms with E-state index in [0.29, 0.717) is 25.4 Å². The molecule has 21 heavy (non-hydrogen) atoms. The van der Waals surface area contributed by atoms with Gasteiger partial charge in [-0.25, -0.2) is 4.79 Å². The van der Waals surface area contributed by atoms with Crippen LogP contribution >= 0.6 is 0 Å². The van der Waals surface area contributed by atoms with Crippen molar-refractivity contribution in [2.45, 2.75) is 20.0 Å². The lowest BCUT2D eigenvalue weighted by Gasteiger charge is -2.07. The average molecular weight is 285 g/mol. The van der Waals surface area contributed by atoms with E-state index in [-0.39, 0.29) is 5.69 Å². The highest BCUT2D eigenvalue weighted by molar-refractivity contribution is 5.48. The SMILES string of the molecule is CCn1ccn(Cc2ccc(OC)c(C#CCN)c2)c1=O. The number of aryl methyl sites for hydroxylation is 1. The highest BCUT2D eigenvalue weighted by Gasteiger charge is 2.06. The highest BCUT2D eigenvalue weighted by atomic mass is 16.5. The van der Waals surface area contributed by atoms with Gasteiger partial charge in [0.15, 0.2) is 0 Å². The molecule has 0 spiro atoms. The Kier molecular flexibility index (Phi) is 4.85. The van der Waals surface area contributed by atoms with Crippen molar-refractivity contribution < 1.29 is 4.74 Å². The van der Waals surface area contributed by atoms with E-state index >= 15 is 0 Å². The molecule has 0 atom stereocenters. The number of nitrogens with two attached hydrogens (primary N) is 1. The number of hydrogen-bond acceptors (Lipinski definition) is 3. The summed E-state index contributed by atoms with van der Waals surface area (Å²) in [5.41, 5.74) is 7.17. The smallest absolute Gasteiger partial charge is 0.328 e. The van der Waals surface area contributed by atoms with E-state index in [4.69, 9.17) is 10.5 Å². The average Bonchev–Trinajstić information content (AvgIpc) is 2.85. The zero-order chi connectivity index (χ0) is 15.2. The summed E-state index contributed by atoms with van der Waals surface area (Å²) in [6, 6.07) is 5.72. The van der Waals surface area contributed by atoms with Gasteiger partial charge in [-0.3, -0.25) is 9.13 Å². The minimum absolute atomic E-state index is 0.0112. The standard InChI is InChI=1S/C16H19N3O2/c1-3-18-9-10-19(16(18)20)12-13-6-7-15(21-2)14(11-13)5-4-8-17/h6-7,9-11H,3,8,12,17H2,1-2H3. The number of hydrogen-bond donors (Lipinski definition) is 1. The minimum Gasteiger partial charge on any atom is -0.495 e. The Balaban J connectivity index is 2.32. The van der Waals surface area contributed by atoms with Gasteiger partial charge in [0.25, 0.3) is 0 Å². The first-order valence-electron chi connectivity index (χ1n) is 6.81. The van der Waals surface area contributed by atoms with Crippen molar-refractivity contribution in [3.8, 4) is 17.6 Å². The third-order valence-corrected chi connectivity index (χ3v) is 3.20. The molecule has 0 radical (unpaired) electrons.